The summed E-state index contributed by atoms with van der Waals surface area (Å²) in [7, 11) is 1.61. The fourth-order valence-electron chi connectivity index (χ4n) is 1.27. The van der Waals surface area contributed by atoms with Gasteiger partial charge in [-0.3, -0.25) is 15.6 Å². The molecule has 0 aliphatic carbocycles. The van der Waals surface area contributed by atoms with Crippen molar-refractivity contribution in [1.82, 2.24) is 16.2 Å². The quantitative estimate of drug-likeness (QED) is 0.469. The van der Waals surface area contributed by atoms with Gasteiger partial charge >= 0.3 is 0 Å². The minimum absolute atomic E-state index is 0.147. The van der Waals surface area contributed by atoms with E-state index in [4.69, 9.17) is 17.0 Å². The number of ether oxygens (including phenoxy) is 1. The van der Waals surface area contributed by atoms with E-state index in [0.717, 1.165) is 11.4 Å². The van der Waals surface area contributed by atoms with E-state index >= 15 is 0 Å². The molecule has 0 radical (unpaired) electrons. The third-order valence-electron chi connectivity index (χ3n) is 2.20. The van der Waals surface area contributed by atoms with Gasteiger partial charge in [0, 0.05) is 12.2 Å². The van der Waals surface area contributed by atoms with E-state index in [-0.39, 0.29) is 12.5 Å². The van der Waals surface area contributed by atoms with Crippen LogP contribution in [-0.2, 0) is 4.79 Å². The molecular formula is C12H18N4O2S. The van der Waals surface area contributed by atoms with E-state index in [1.165, 1.54) is 0 Å². The molecule has 0 aliphatic heterocycles. The molecule has 6 nitrogen and oxygen atoms in total. The Labute approximate surface area is 117 Å². The van der Waals surface area contributed by atoms with Crippen molar-refractivity contribution in [3.8, 4) is 5.75 Å². The van der Waals surface area contributed by atoms with Gasteiger partial charge in [-0.25, -0.2) is 0 Å². The van der Waals surface area contributed by atoms with Gasteiger partial charge in [-0.2, -0.15) is 0 Å². The molecule has 1 aromatic carbocycles. The zero-order chi connectivity index (χ0) is 14.1. The Bertz CT molecular complexity index is 422. The molecule has 4 N–H and O–H groups in total. The smallest absolute Gasteiger partial charge is 0.257 e. The molecule has 0 unspecified atom stereocenters. The molecule has 0 aliphatic rings. The molecule has 0 heterocycles. The van der Waals surface area contributed by atoms with Gasteiger partial charge in [0.2, 0.25) is 0 Å². The Morgan fingerprint density at radius 2 is 1.95 bits per heavy atom. The summed E-state index contributed by atoms with van der Waals surface area (Å²) in [5.74, 6) is 0.559. The van der Waals surface area contributed by atoms with Gasteiger partial charge in [-0.1, -0.05) is 0 Å². The van der Waals surface area contributed by atoms with Crippen molar-refractivity contribution >= 4 is 28.9 Å². The largest absolute Gasteiger partial charge is 0.497 e. The van der Waals surface area contributed by atoms with Crippen LogP contribution >= 0.6 is 12.2 Å². The Balaban J connectivity index is 2.27. The molecular weight excluding hydrogens is 264 g/mol. The van der Waals surface area contributed by atoms with E-state index < -0.39 is 0 Å². The van der Waals surface area contributed by atoms with Crippen LogP contribution in [-0.4, -0.2) is 31.2 Å². The highest BCUT2D eigenvalue weighted by Crippen LogP contribution is 2.14. The third kappa shape index (κ3) is 5.91. The lowest BCUT2D eigenvalue weighted by Crippen LogP contribution is -2.48. The second kappa shape index (κ2) is 8.15. The number of hydrazine groups is 1. The molecule has 0 bridgehead atoms. The van der Waals surface area contributed by atoms with E-state index in [1.807, 2.05) is 31.2 Å². The average Bonchev–Trinajstić information content (AvgIpc) is 2.44. The first-order chi connectivity index (χ1) is 9.15. The van der Waals surface area contributed by atoms with Crippen molar-refractivity contribution in [3.05, 3.63) is 24.3 Å². The van der Waals surface area contributed by atoms with Gasteiger partial charge < -0.3 is 15.4 Å². The van der Waals surface area contributed by atoms with Crippen LogP contribution < -0.4 is 26.2 Å². The first-order valence-electron chi connectivity index (χ1n) is 5.86. The third-order valence-corrected chi connectivity index (χ3v) is 2.44. The normalized spacial score (nSPS) is 9.37. The maximum atomic E-state index is 11.5. The van der Waals surface area contributed by atoms with Crippen molar-refractivity contribution in [2.24, 2.45) is 0 Å². The fourth-order valence-corrected chi connectivity index (χ4v) is 1.46. The highest BCUT2D eigenvalue weighted by atomic mass is 32.1. The minimum atomic E-state index is -0.212. The summed E-state index contributed by atoms with van der Waals surface area (Å²) in [6, 6.07) is 7.31. The molecule has 0 saturated heterocycles. The number of benzene rings is 1. The monoisotopic (exact) mass is 282 g/mol. The average molecular weight is 282 g/mol. The summed E-state index contributed by atoms with van der Waals surface area (Å²) in [6.07, 6.45) is 0. The van der Waals surface area contributed by atoms with Crippen LogP contribution in [0.25, 0.3) is 0 Å². The van der Waals surface area contributed by atoms with E-state index in [2.05, 4.69) is 21.5 Å². The molecule has 1 aromatic rings. The maximum absolute atomic E-state index is 11.5. The summed E-state index contributed by atoms with van der Waals surface area (Å²) in [5.41, 5.74) is 5.92. The fraction of sp³-hybridized carbons (Fsp3) is 0.333. The van der Waals surface area contributed by atoms with Gasteiger partial charge in [0.15, 0.2) is 5.11 Å². The van der Waals surface area contributed by atoms with Crippen LogP contribution in [0.1, 0.15) is 6.92 Å². The van der Waals surface area contributed by atoms with Gasteiger partial charge in [0.1, 0.15) is 5.75 Å². The van der Waals surface area contributed by atoms with E-state index in [1.54, 1.807) is 7.11 Å². The zero-order valence-corrected chi connectivity index (χ0v) is 11.8. The lowest BCUT2D eigenvalue weighted by Gasteiger charge is -2.11. The molecule has 7 heteroatoms. The standard InChI is InChI=1S/C12H18N4O2S/c1-3-13-12(19)16-15-11(17)8-14-9-4-6-10(18-2)7-5-9/h4-7,14H,3,8H2,1-2H3,(H,15,17)(H2,13,16,19). The maximum Gasteiger partial charge on any atom is 0.257 e. The van der Waals surface area contributed by atoms with Gasteiger partial charge in [-0.15, -0.1) is 0 Å². The van der Waals surface area contributed by atoms with Crippen LogP contribution in [0.5, 0.6) is 5.75 Å². The number of hydrogen-bond acceptors (Lipinski definition) is 4. The lowest BCUT2D eigenvalue weighted by molar-refractivity contribution is -0.119. The number of nitrogens with one attached hydrogen (secondary N) is 4. The number of carbonyl (C=O) groups excluding carboxylic acids is 1. The first-order valence-corrected chi connectivity index (χ1v) is 6.27. The molecule has 1 amide bonds. The van der Waals surface area contributed by atoms with Crippen molar-refractivity contribution in [2.75, 3.05) is 25.5 Å². The number of carbonyl (C=O) groups is 1. The number of methoxy groups -OCH3 is 1. The number of rotatable bonds is 5. The Hall–Kier alpha value is -2.02. The van der Waals surface area contributed by atoms with E-state index in [9.17, 15) is 4.79 Å². The molecule has 1 rings (SSSR count). The Kier molecular flexibility index (Phi) is 6.45. The summed E-state index contributed by atoms with van der Waals surface area (Å²) >= 11 is 4.91. The van der Waals surface area contributed by atoms with Crippen LogP contribution in [0.4, 0.5) is 5.69 Å². The van der Waals surface area contributed by atoms with Gasteiger partial charge in [0.25, 0.3) is 5.91 Å². The summed E-state index contributed by atoms with van der Waals surface area (Å²) < 4.78 is 5.04. The van der Waals surface area contributed by atoms with Crippen molar-refractivity contribution in [3.63, 3.8) is 0 Å². The topological polar surface area (TPSA) is 74.4 Å². The van der Waals surface area contributed by atoms with Crippen molar-refractivity contribution < 1.29 is 9.53 Å². The molecule has 104 valence electrons. The predicted molar refractivity (Wildman–Crippen MR) is 79.0 cm³/mol. The highest BCUT2D eigenvalue weighted by molar-refractivity contribution is 7.80. The first kappa shape index (κ1) is 15.0. The molecule has 19 heavy (non-hydrogen) atoms. The van der Waals surface area contributed by atoms with Gasteiger partial charge in [-0.05, 0) is 43.4 Å². The summed E-state index contributed by atoms with van der Waals surface area (Å²) in [6.45, 7) is 2.76. The predicted octanol–water partition coefficient (Wildman–Crippen LogP) is 0.622. The van der Waals surface area contributed by atoms with Crippen LogP contribution in [0, 0.1) is 0 Å². The van der Waals surface area contributed by atoms with Gasteiger partial charge in [0.05, 0.1) is 13.7 Å². The lowest BCUT2D eigenvalue weighted by atomic mass is 10.3. The molecule has 0 spiro atoms. The number of amides is 1. The summed E-state index contributed by atoms with van der Waals surface area (Å²) in [4.78, 5) is 11.5. The molecule has 0 atom stereocenters. The SMILES string of the molecule is CCNC(=S)NNC(=O)CNc1ccc(OC)cc1. The highest BCUT2D eigenvalue weighted by Gasteiger charge is 2.01. The van der Waals surface area contributed by atoms with Crippen LogP contribution in [0.2, 0.25) is 0 Å². The molecule has 0 fully saturated rings. The number of anilines is 1. The second-order valence-corrected chi connectivity index (χ2v) is 4.02. The Morgan fingerprint density at radius 1 is 1.26 bits per heavy atom. The van der Waals surface area contributed by atoms with Crippen molar-refractivity contribution in [1.29, 1.82) is 0 Å². The number of thiocarbonyl (C=S) groups is 1. The minimum Gasteiger partial charge on any atom is -0.497 e. The Morgan fingerprint density at radius 3 is 2.53 bits per heavy atom. The van der Waals surface area contributed by atoms with E-state index in [0.29, 0.717) is 11.7 Å². The zero-order valence-electron chi connectivity index (χ0n) is 10.9. The summed E-state index contributed by atoms with van der Waals surface area (Å²) in [5, 5.41) is 6.23. The molecule has 0 aromatic heterocycles. The van der Waals surface area contributed by atoms with Crippen LogP contribution in [0.3, 0.4) is 0 Å². The van der Waals surface area contributed by atoms with Crippen LogP contribution in [0.15, 0.2) is 24.3 Å². The molecule has 0 saturated carbocycles. The van der Waals surface area contributed by atoms with Crippen molar-refractivity contribution in [2.45, 2.75) is 6.92 Å². The number of hydrogen-bond donors (Lipinski definition) is 4. The second-order valence-electron chi connectivity index (χ2n) is 3.61.